The zero-order chi connectivity index (χ0) is 22.1. The van der Waals surface area contributed by atoms with E-state index >= 15 is 0 Å². The number of hydrogen-bond acceptors (Lipinski definition) is 3. The van der Waals surface area contributed by atoms with Crippen molar-refractivity contribution >= 4 is 23.2 Å². The van der Waals surface area contributed by atoms with Crippen molar-refractivity contribution in [3.05, 3.63) is 90.0 Å². The lowest BCUT2D eigenvalue weighted by atomic mass is 10.1. The van der Waals surface area contributed by atoms with Gasteiger partial charge in [0.25, 0.3) is 11.8 Å². The van der Waals surface area contributed by atoms with E-state index in [4.69, 9.17) is 4.74 Å². The monoisotopic (exact) mass is 416 g/mol. The molecule has 0 fully saturated rings. The van der Waals surface area contributed by atoms with Gasteiger partial charge in [0.05, 0.1) is 6.61 Å². The van der Waals surface area contributed by atoms with Gasteiger partial charge in [-0.25, -0.2) is 0 Å². The minimum atomic E-state index is -0.236. The van der Waals surface area contributed by atoms with Crippen LogP contribution in [0.1, 0.15) is 47.4 Å². The SMILES string of the molecule is CCCCOc1ccc(C(=O)Nc2cccc(C(=O)N(CC)c3ccccc3)c2)cc1. The molecule has 0 spiro atoms. The Bertz CT molecular complexity index is 1000. The van der Waals surface area contributed by atoms with Crippen LogP contribution in [0.5, 0.6) is 5.75 Å². The van der Waals surface area contributed by atoms with E-state index in [9.17, 15) is 9.59 Å². The van der Waals surface area contributed by atoms with Crippen molar-refractivity contribution in [2.24, 2.45) is 0 Å². The Balaban J connectivity index is 1.68. The molecule has 0 radical (unpaired) electrons. The molecule has 0 atom stereocenters. The third-order valence-corrected chi connectivity index (χ3v) is 4.88. The molecule has 1 N–H and O–H groups in total. The Labute approximate surface area is 183 Å². The summed E-state index contributed by atoms with van der Waals surface area (Å²) in [6.45, 7) is 5.26. The van der Waals surface area contributed by atoms with Crippen LogP contribution < -0.4 is 15.0 Å². The quantitative estimate of drug-likeness (QED) is 0.450. The van der Waals surface area contributed by atoms with E-state index in [1.807, 2.05) is 37.3 Å². The highest BCUT2D eigenvalue weighted by molar-refractivity contribution is 6.08. The summed E-state index contributed by atoms with van der Waals surface area (Å²) in [5.74, 6) is 0.400. The van der Waals surface area contributed by atoms with E-state index in [2.05, 4.69) is 12.2 Å². The van der Waals surface area contributed by atoms with Gasteiger partial charge in [-0.3, -0.25) is 9.59 Å². The van der Waals surface area contributed by atoms with E-state index in [1.54, 1.807) is 53.4 Å². The standard InChI is InChI=1S/C26H28N2O3/c1-3-5-18-31-24-16-14-20(15-17-24)25(29)27-22-11-9-10-21(19-22)26(30)28(4-2)23-12-7-6-8-13-23/h6-17,19H,3-5,18H2,1-2H3,(H,27,29). The lowest BCUT2D eigenvalue weighted by Gasteiger charge is -2.21. The highest BCUT2D eigenvalue weighted by Crippen LogP contribution is 2.20. The Hall–Kier alpha value is -3.60. The first kappa shape index (κ1) is 22.1. The van der Waals surface area contributed by atoms with Gasteiger partial charge >= 0.3 is 0 Å². The average Bonchev–Trinajstić information content (AvgIpc) is 2.81. The molecule has 0 aromatic heterocycles. The summed E-state index contributed by atoms with van der Waals surface area (Å²) >= 11 is 0. The van der Waals surface area contributed by atoms with Crippen molar-refractivity contribution in [3.8, 4) is 5.75 Å². The molecule has 3 aromatic carbocycles. The maximum absolute atomic E-state index is 13.0. The molecular weight excluding hydrogens is 388 g/mol. The number of rotatable bonds is 9. The maximum Gasteiger partial charge on any atom is 0.258 e. The van der Waals surface area contributed by atoms with Gasteiger partial charge in [0.1, 0.15) is 5.75 Å². The largest absolute Gasteiger partial charge is 0.494 e. The Morgan fingerprint density at radius 3 is 2.29 bits per heavy atom. The van der Waals surface area contributed by atoms with Crippen LogP contribution in [0, 0.1) is 0 Å². The second kappa shape index (κ2) is 11.0. The number of amides is 2. The van der Waals surface area contributed by atoms with Crippen LogP contribution in [0.2, 0.25) is 0 Å². The summed E-state index contributed by atoms with van der Waals surface area (Å²) in [6, 6.07) is 23.6. The van der Waals surface area contributed by atoms with E-state index in [0.29, 0.717) is 30.0 Å². The van der Waals surface area contributed by atoms with Gasteiger partial charge in [0.15, 0.2) is 0 Å². The van der Waals surface area contributed by atoms with Gasteiger partial charge in [-0.2, -0.15) is 0 Å². The van der Waals surface area contributed by atoms with Crippen molar-refractivity contribution in [3.63, 3.8) is 0 Å². The Morgan fingerprint density at radius 1 is 0.871 bits per heavy atom. The summed E-state index contributed by atoms with van der Waals surface area (Å²) in [4.78, 5) is 27.4. The van der Waals surface area contributed by atoms with Gasteiger partial charge in [-0.05, 0) is 67.9 Å². The minimum absolute atomic E-state index is 0.113. The second-order valence-corrected chi connectivity index (χ2v) is 7.15. The van der Waals surface area contributed by atoms with Crippen molar-refractivity contribution < 1.29 is 14.3 Å². The first-order valence-electron chi connectivity index (χ1n) is 10.6. The molecule has 3 aromatic rings. The normalized spacial score (nSPS) is 10.4. The van der Waals surface area contributed by atoms with E-state index in [1.165, 1.54) is 0 Å². The number of para-hydroxylation sites is 1. The lowest BCUT2D eigenvalue weighted by Crippen LogP contribution is -2.30. The van der Waals surface area contributed by atoms with Crippen molar-refractivity contribution in [2.75, 3.05) is 23.4 Å². The molecule has 3 rings (SSSR count). The number of carbonyl (C=O) groups is 2. The zero-order valence-electron chi connectivity index (χ0n) is 18.0. The number of benzene rings is 3. The van der Waals surface area contributed by atoms with Gasteiger partial charge in [0, 0.05) is 29.0 Å². The molecule has 0 heterocycles. The molecule has 2 amide bonds. The van der Waals surface area contributed by atoms with Crippen LogP contribution in [0.3, 0.4) is 0 Å². The summed E-state index contributed by atoms with van der Waals surface area (Å²) < 4.78 is 5.64. The van der Waals surface area contributed by atoms with Crippen LogP contribution in [0.25, 0.3) is 0 Å². The minimum Gasteiger partial charge on any atom is -0.494 e. The van der Waals surface area contributed by atoms with Crippen LogP contribution >= 0.6 is 0 Å². The van der Waals surface area contributed by atoms with Crippen molar-refractivity contribution in [2.45, 2.75) is 26.7 Å². The number of nitrogens with one attached hydrogen (secondary N) is 1. The fraction of sp³-hybridized carbons (Fsp3) is 0.231. The van der Waals surface area contributed by atoms with E-state index < -0.39 is 0 Å². The fourth-order valence-electron chi connectivity index (χ4n) is 3.18. The number of unbranched alkanes of at least 4 members (excludes halogenated alkanes) is 1. The first-order chi connectivity index (χ1) is 15.1. The highest BCUT2D eigenvalue weighted by Gasteiger charge is 2.16. The van der Waals surface area contributed by atoms with Crippen LogP contribution in [0.15, 0.2) is 78.9 Å². The molecule has 0 aliphatic heterocycles. The van der Waals surface area contributed by atoms with Gasteiger partial charge in [-0.15, -0.1) is 0 Å². The lowest BCUT2D eigenvalue weighted by molar-refractivity contribution is 0.0985. The number of anilines is 2. The molecule has 0 saturated heterocycles. The Kier molecular flexibility index (Phi) is 7.82. The molecule has 160 valence electrons. The smallest absolute Gasteiger partial charge is 0.258 e. The molecule has 31 heavy (non-hydrogen) atoms. The molecule has 0 saturated carbocycles. The number of hydrogen-bond donors (Lipinski definition) is 1. The molecule has 0 aliphatic carbocycles. The predicted octanol–water partition coefficient (Wildman–Crippen LogP) is 5.78. The average molecular weight is 417 g/mol. The molecular formula is C26H28N2O3. The molecule has 5 heteroatoms. The molecule has 0 bridgehead atoms. The summed E-state index contributed by atoms with van der Waals surface area (Å²) in [6.07, 6.45) is 2.07. The van der Waals surface area contributed by atoms with E-state index in [0.717, 1.165) is 24.3 Å². The summed E-state index contributed by atoms with van der Waals surface area (Å²) in [5.41, 5.74) is 2.45. The van der Waals surface area contributed by atoms with Crippen LogP contribution in [-0.2, 0) is 0 Å². The highest BCUT2D eigenvalue weighted by atomic mass is 16.5. The first-order valence-corrected chi connectivity index (χ1v) is 10.6. The maximum atomic E-state index is 13.0. The van der Waals surface area contributed by atoms with Crippen LogP contribution in [-0.4, -0.2) is 25.0 Å². The van der Waals surface area contributed by atoms with E-state index in [-0.39, 0.29) is 11.8 Å². The van der Waals surface area contributed by atoms with Crippen molar-refractivity contribution in [1.29, 1.82) is 0 Å². The number of nitrogens with zero attached hydrogens (tertiary/aromatic N) is 1. The van der Waals surface area contributed by atoms with Crippen molar-refractivity contribution in [1.82, 2.24) is 0 Å². The topological polar surface area (TPSA) is 58.6 Å². The predicted molar refractivity (Wildman–Crippen MR) is 125 cm³/mol. The molecule has 0 unspecified atom stereocenters. The summed E-state index contributed by atoms with van der Waals surface area (Å²) in [7, 11) is 0. The Morgan fingerprint density at radius 2 is 1.61 bits per heavy atom. The molecule has 5 nitrogen and oxygen atoms in total. The van der Waals surface area contributed by atoms with Gasteiger partial charge < -0.3 is 15.0 Å². The number of carbonyl (C=O) groups excluding carboxylic acids is 2. The van der Waals surface area contributed by atoms with Gasteiger partial charge in [-0.1, -0.05) is 37.6 Å². The second-order valence-electron chi connectivity index (χ2n) is 7.15. The fourth-order valence-corrected chi connectivity index (χ4v) is 3.18. The van der Waals surface area contributed by atoms with Crippen LogP contribution in [0.4, 0.5) is 11.4 Å². The number of ether oxygens (including phenoxy) is 1. The third-order valence-electron chi connectivity index (χ3n) is 4.88. The summed E-state index contributed by atoms with van der Waals surface area (Å²) in [5, 5.41) is 2.87. The zero-order valence-corrected chi connectivity index (χ0v) is 18.0. The third kappa shape index (κ3) is 5.95. The molecule has 0 aliphatic rings. The van der Waals surface area contributed by atoms with Gasteiger partial charge in [0.2, 0.25) is 0 Å².